The molecule has 3 saturated carbocycles. The van der Waals surface area contributed by atoms with E-state index in [1.54, 1.807) is 7.11 Å². The minimum Gasteiger partial charge on any atom is -0.496 e. The first-order chi connectivity index (χ1) is 8.12. The van der Waals surface area contributed by atoms with Gasteiger partial charge in [-0.05, 0) is 66.0 Å². The smallest absolute Gasteiger partial charge is 0.251 e. The van der Waals surface area contributed by atoms with Gasteiger partial charge in [-0.3, -0.25) is 4.79 Å². The Kier molecular flexibility index (Phi) is 2.57. The molecule has 4 heteroatoms. The Balaban J connectivity index is 1.74. The molecule has 3 aliphatic carbocycles. The molecule has 1 N–H and O–H groups in total. The van der Waals surface area contributed by atoms with E-state index in [1.807, 2.05) is 18.2 Å². The fraction of sp³-hybridized carbons (Fsp3) is 0.462. The molecule has 17 heavy (non-hydrogen) atoms. The number of carbonyl (C=O) groups excluding carboxylic acids is 1. The molecule has 1 aromatic carbocycles. The molecule has 3 aliphatic rings. The third-order valence-electron chi connectivity index (χ3n) is 3.83. The first kappa shape index (κ1) is 11.3. The summed E-state index contributed by atoms with van der Waals surface area (Å²) in [6.45, 7) is 0. The predicted octanol–water partition coefficient (Wildman–Crippen LogP) is 2.58. The number of hydrogen-bond donors (Lipinski definition) is 1. The predicted molar refractivity (Wildman–Crippen MR) is 73.2 cm³/mol. The number of hydrogen-bond acceptors (Lipinski definition) is 2. The van der Waals surface area contributed by atoms with Gasteiger partial charge in [-0.1, -0.05) is 0 Å². The van der Waals surface area contributed by atoms with Gasteiger partial charge in [0, 0.05) is 11.1 Å². The highest BCUT2D eigenvalue weighted by atomic mass is 127. The Morgan fingerprint density at radius 3 is 2.65 bits per heavy atom. The van der Waals surface area contributed by atoms with Crippen molar-refractivity contribution in [2.45, 2.75) is 24.8 Å². The van der Waals surface area contributed by atoms with Crippen LogP contribution < -0.4 is 10.1 Å². The van der Waals surface area contributed by atoms with Crippen molar-refractivity contribution in [1.29, 1.82) is 0 Å². The lowest BCUT2D eigenvalue weighted by atomic mass is 9.50. The summed E-state index contributed by atoms with van der Waals surface area (Å²) in [7, 11) is 1.64. The molecule has 0 atom stereocenters. The molecular formula is C13H14INO2. The second-order valence-electron chi connectivity index (χ2n) is 5.06. The largest absolute Gasteiger partial charge is 0.496 e. The lowest BCUT2D eigenvalue weighted by molar-refractivity contribution is -0.0438. The van der Waals surface area contributed by atoms with Crippen molar-refractivity contribution in [3.05, 3.63) is 27.3 Å². The van der Waals surface area contributed by atoms with Crippen molar-refractivity contribution in [1.82, 2.24) is 5.32 Å². The zero-order chi connectivity index (χ0) is 12.0. The van der Waals surface area contributed by atoms with Gasteiger partial charge in [0.05, 0.1) is 10.7 Å². The van der Waals surface area contributed by atoms with Crippen molar-refractivity contribution in [2.75, 3.05) is 7.11 Å². The van der Waals surface area contributed by atoms with Crippen LogP contribution in [0.5, 0.6) is 5.75 Å². The Morgan fingerprint density at radius 2 is 2.18 bits per heavy atom. The summed E-state index contributed by atoms with van der Waals surface area (Å²) in [6.07, 6.45) is 3.52. The molecular weight excluding hydrogens is 329 g/mol. The first-order valence-corrected chi connectivity index (χ1v) is 6.86. The minimum atomic E-state index is 0.0451. The highest BCUT2D eigenvalue weighted by Crippen LogP contribution is 2.56. The fourth-order valence-corrected chi connectivity index (χ4v) is 3.49. The normalized spacial score (nSPS) is 28.9. The minimum absolute atomic E-state index is 0.0451. The average Bonchev–Trinajstić information content (AvgIpc) is 2.21. The molecule has 1 amide bonds. The van der Waals surface area contributed by atoms with E-state index < -0.39 is 0 Å². The van der Waals surface area contributed by atoms with Crippen molar-refractivity contribution in [2.24, 2.45) is 5.92 Å². The summed E-state index contributed by atoms with van der Waals surface area (Å²) in [5.41, 5.74) is 0.868. The molecule has 0 radical (unpaired) electrons. The molecule has 0 aliphatic heterocycles. The van der Waals surface area contributed by atoms with E-state index in [2.05, 4.69) is 27.9 Å². The molecule has 4 rings (SSSR count). The van der Waals surface area contributed by atoms with Gasteiger partial charge in [-0.15, -0.1) is 0 Å². The summed E-state index contributed by atoms with van der Waals surface area (Å²) in [6, 6.07) is 5.54. The number of amides is 1. The summed E-state index contributed by atoms with van der Waals surface area (Å²) in [4.78, 5) is 12.1. The van der Waals surface area contributed by atoms with E-state index in [1.165, 1.54) is 19.3 Å². The van der Waals surface area contributed by atoms with Gasteiger partial charge in [0.25, 0.3) is 5.91 Å². The van der Waals surface area contributed by atoms with E-state index in [-0.39, 0.29) is 11.4 Å². The topological polar surface area (TPSA) is 38.3 Å². The Bertz CT molecular complexity index is 469. The summed E-state index contributed by atoms with van der Waals surface area (Å²) >= 11 is 2.18. The number of ether oxygens (including phenoxy) is 1. The molecule has 0 saturated heterocycles. The van der Waals surface area contributed by atoms with Crippen LogP contribution >= 0.6 is 22.6 Å². The SMILES string of the molecule is COc1ccc(C(=O)NC23CC(C2)C3)cc1I. The zero-order valence-corrected chi connectivity index (χ0v) is 11.8. The Morgan fingerprint density at radius 1 is 1.47 bits per heavy atom. The van der Waals surface area contributed by atoms with Crippen LogP contribution in [0.15, 0.2) is 18.2 Å². The van der Waals surface area contributed by atoms with Crippen LogP contribution in [-0.2, 0) is 0 Å². The monoisotopic (exact) mass is 343 g/mol. The second kappa shape index (κ2) is 3.86. The van der Waals surface area contributed by atoms with E-state index in [9.17, 15) is 4.79 Å². The van der Waals surface area contributed by atoms with Gasteiger partial charge < -0.3 is 10.1 Å². The Hall–Kier alpha value is -0.780. The first-order valence-electron chi connectivity index (χ1n) is 5.78. The molecule has 3 fully saturated rings. The molecule has 0 spiro atoms. The average molecular weight is 343 g/mol. The van der Waals surface area contributed by atoms with Gasteiger partial charge >= 0.3 is 0 Å². The van der Waals surface area contributed by atoms with Crippen molar-refractivity contribution in [3.8, 4) is 5.75 Å². The summed E-state index contributed by atoms with van der Waals surface area (Å²) in [5, 5.41) is 3.16. The molecule has 90 valence electrons. The van der Waals surface area contributed by atoms with E-state index in [0.717, 1.165) is 20.8 Å². The molecule has 3 nitrogen and oxygen atoms in total. The Labute approximate surface area is 114 Å². The lowest BCUT2D eigenvalue weighted by Gasteiger charge is -2.61. The lowest BCUT2D eigenvalue weighted by Crippen LogP contribution is -2.68. The number of nitrogens with one attached hydrogen (secondary N) is 1. The van der Waals surface area contributed by atoms with Crippen molar-refractivity contribution >= 4 is 28.5 Å². The van der Waals surface area contributed by atoms with Crippen LogP contribution in [0.3, 0.4) is 0 Å². The summed E-state index contributed by atoms with van der Waals surface area (Å²) in [5.74, 6) is 1.74. The van der Waals surface area contributed by atoms with Crippen LogP contribution in [-0.4, -0.2) is 18.6 Å². The highest BCUT2D eigenvalue weighted by molar-refractivity contribution is 14.1. The van der Waals surface area contributed by atoms with Gasteiger partial charge in [0.1, 0.15) is 5.75 Å². The molecule has 2 bridgehead atoms. The standard InChI is InChI=1S/C13H14INO2/c1-17-11-3-2-9(4-10(11)14)12(16)15-13-5-8(6-13)7-13/h2-4,8H,5-7H2,1H3,(H,15,16). The second-order valence-corrected chi connectivity index (χ2v) is 6.22. The van der Waals surface area contributed by atoms with Gasteiger partial charge in [0.2, 0.25) is 0 Å². The van der Waals surface area contributed by atoms with E-state index >= 15 is 0 Å². The number of halogens is 1. The molecule has 0 unspecified atom stereocenters. The highest BCUT2D eigenvalue weighted by Gasteiger charge is 2.57. The van der Waals surface area contributed by atoms with Crippen molar-refractivity contribution < 1.29 is 9.53 Å². The number of carbonyl (C=O) groups is 1. The third-order valence-corrected chi connectivity index (χ3v) is 4.67. The van der Waals surface area contributed by atoms with E-state index in [0.29, 0.717) is 0 Å². The number of benzene rings is 1. The van der Waals surface area contributed by atoms with Crippen LogP contribution in [0.25, 0.3) is 0 Å². The maximum absolute atomic E-state index is 12.1. The molecule has 0 aromatic heterocycles. The fourth-order valence-electron chi connectivity index (χ4n) is 2.75. The maximum Gasteiger partial charge on any atom is 0.251 e. The maximum atomic E-state index is 12.1. The number of methoxy groups -OCH3 is 1. The molecule has 1 aromatic rings. The molecule has 0 heterocycles. The van der Waals surface area contributed by atoms with Gasteiger partial charge in [-0.25, -0.2) is 0 Å². The van der Waals surface area contributed by atoms with Gasteiger partial charge in [-0.2, -0.15) is 0 Å². The van der Waals surface area contributed by atoms with Crippen molar-refractivity contribution in [3.63, 3.8) is 0 Å². The third kappa shape index (κ3) is 1.82. The van der Waals surface area contributed by atoms with Crippen LogP contribution in [0, 0.1) is 9.49 Å². The van der Waals surface area contributed by atoms with Crippen LogP contribution in [0.4, 0.5) is 0 Å². The zero-order valence-electron chi connectivity index (χ0n) is 9.63. The van der Waals surface area contributed by atoms with Crippen LogP contribution in [0.2, 0.25) is 0 Å². The van der Waals surface area contributed by atoms with Crippen LogP contribution in [0.1, 0.15) is 29.6 Å². The quantitative estimate of drug-likeness (QED) is 0.857. The van der Waals surface area contributed by atoms with Gasteiger partial charge in [0.15, 0.2) is 0 Å². The van der Waals surface area contributed by atoms with E-state index in [4.69, 9.17) is 4.74 Å². The number of rotatable bonds is 3. The summed E-state index contributed by atoms with van der Waals surface area (Å²) < 4.78 is 6.15.